The Morgan fingerprint density at radius 2 is 1.63 bits per heavy atom. The van der Waals surface area contributed by atoms with Crippen molar-refractivity contribution in [2.24, 2.45) is 10.3 Å². The summed E-state index contributed by atoms with van der Waals surface area (Å²) in [5.41, 5.74) is 3.51. The highest BCUT2D eigenvalue weighted by Gasteiger charge is 2.30. The van der Waals surface area contributed by atoms with Crippen molar-refractivity contribution in [1.82, 2.24) is 0 Å². The van der Waals surface area contributed by atoms with Crippen molar-refractivity contribution < 1.29 is 37.1 Å². The van der Waals surface area contributed by atoms with Crippen LogP contribution in [0.25, 0.3) is 5.57 Å². The maximum atomic E-state index is 13.0. The first-order valence-electron chi connectivity index (χ1n) is 12.6. The second kappa shape index (κ2) is 14.7. The molecule has 0 heterocycles. The molecule has 3 aromatic carbocycles. The summed E-state index contributed by atoms with van der Waals surface area (Å²) in [6, 6.07) is 19.9. The number of halogens is 3. The number of rotatable bonds is 12. The van der Waals surface area contributed by atoms with Crippen LogP contribution in [0.2, 0.25) is 0 Å². The van der Waals surface area contributed by atoms with Crippen molar-refractivity contribution in [3.8, 4) is 0 Å². The number of hydrogen-bond donors (Lipinski definition) is 0. The lowest BCUT2D eigenvalue weighted by atomic mass is 9.97. The van der Waals surface area contributed by atoms with Gasteiger partial charge in [-0.3, -0.25) is 0 Å². The Kier molecular flexibility index (Phi) is 11.1. The third kappa shape index (κ3) is 8.69. The van der Waals surface area contributed by atoms with E-state index >= 15 is 0 Å². The largest absolute Gasteiger partial charge is 0.503 e. The topological polar surface area (TPSA) is 78.7 Å². The van der Waals surface area contributed by atoms with Gasteiger partial charge in [0, 0.05) is 11.1 Å². The lowest BCUT2D eigenvalue weighted by Gasteiger charge is -2.16. The zero-order chi connectivity index (χ0) is 29.8. The van der Waals surface area contributed by atoms with E-state index in [1.807, 2.05) is 36.4 Å². The molecule has 0 saturated heterocycles. The van der Waals surface area contributed by atoms with Crippen molar-refractivity contribution in [2.75, 3.05) is 21.3 Å². The van der Waals surface area contributed by atoms with Crippen LogP contribution in [0.15, 0.2) is 89.4 Å². The first kappa shape index (κ1) is 30.9. The van der Waals surface area contributed by atoms with E-state index < -0.39 is 23.8 Å². The molecule has 7 nitrogen and oxygen atoms in total. The summed E-state index contributed by atoms with van der Waals surface area (Å²) in [6.45, 7) is 1.78. The fourth-order valence-electron chi connectivity index (χ4n) is 4.06. The van der Waals surface area contributed by atoms with Gasteiger partial charge in [0.2, 0.25) is 0 Å². The maximum Gasteiger partial charge on any atom is 0.416 e. The van der Waals surface area contributed by atoms with E-state index in [0.29, 0.717) is 40.8 Å². The van der Waals surface area contributed by atoms with Crippen LogP contribution in [0.1, 0.15) is 46.4 Å². The van der Waals surface area contributed by atoms with Crippen LogP contribution < -0.4 is 0 Å². The molecule has 0 aliphatic rings. The highest BCUT2D eigenvalue weighted by Crippen LogP contribution is 2.30. The number of ether oxygens (including phenoxy) is 2. The molecule has 0 N–H and O–H groups in total. The van der Waals surface area contributed by atoms with Crippen molar-refractivity contribution in [2.45, 2.75) is 32.0 Å². The Bertz CT molecular complexity index is 1400. The Balaban J connectivity index is 1.69. The van der Waals surface area contributed by atoms with E-state index in [9.17, 15) is 18.0 Å². The molecule has 0 bridgehead atoms. The molecule has 1 unspecified atom stereocenters. The standard InChI is InChI=1S/C31H31F3N2O5/c1-21(26-10-5-6-11-27(26)28(20-38-2)30(37)39-3)41-35-19-29(36-40-4)24-16-14-22(15-17-24)12-13-23-8-7-9-25(18-23)31(32,33)34/h5-11,14-21H,12-13H2,1-4H3. The highest BCUT2D eigenvalue weighted by molar-refractivity contribution is 6.37. The van der Waals surface area contributed by atoms with Gasteiger partial charge in [0.25, 0.3) is 0 Å². The molecule has 0 spiro atoms. The number of aryl methyl sites for hydroxylation is 2. The molecule has 3 aromatic rings. The van der Waals surface area contributed by atoms with Crippen molar-refractivity contribution in [3.63, 3.8) is 0 Å². The molecule has 0 radical (unpaired) electrons. The predicted molar refractivity (Wildman–Crippen MR) is 150 cm³/mol. The van der Waals surface area contributed by atoms with Crippen LogP contribution >= 0.6 is 0 Å². The maximum absolute atomic E-state index is 13.0. The molecular weight excluding hydrogens is 537 g/mol. The molecule has 0 aliphatic carbocycles. The Morgan fingerprint density at radius 1 is 0.927 bits per heavy atom. The number of carbonyl (C=O) groups excluding carboxylic acids is 1. The summed E-state index contributed by atoms with van der Waals surface area (Å²) in [6.07, 6.45) is -1.16. The number of oxime groups is 2. The summed E-state index contributed by atoms with van der Waals surface area (Å²) in [7, 11) is 4.14. The van der Waals surface area contributed by atoms with Gasteiger partial charge in [-0.1, -0.05) is 77.0 Å². The smallest absolute Gasteiger partial charge is 0.416 e. The van der Waals surface area contributed by atoms with Crippen LogP contribution in [0.5, 0.6) is 0 Å². The molecule has 41 heavy (non-hydrogen) atoms. The number of esters is 1. The quantitative estimate of drug-likeness (QED) is 0.0793. The molecule has 10 heteroatoms. The first-order valence-corrected chi connectivity index (χ1v) is 12.6. The summed E-state index contributed by atoms with van der Waals surface area (Å²) >= 11 is 0. The third-order valence-electron chi connectivity index (χ3n) is 6.12. The number of benzene rings is 3. The Hall–Kier alpha value is -4.60. The van der Waals surface area contributed by atoms with Crippen molar-refractivity contribution in [1.29, 1.82) is 0 Å². The number of hydrogen-bond acceptors (Lipinski definition) is 7. The number of alkyl halides is 3. The minimum absolute atomic E-state index is 0.236. The van der Waals surface area contributed by atoms with Gasteiger partial charge in [0.15, 0.2) is 0 Å². The molecular formula is C31H31F3N2O5. The van der Waals surface area contributed by atoms with Gasteiger partial charge in [-0.25, -0.2) is 4.79 Å². The highest BCUT2D eigenvalue weighted by atomic mass is 19.4. The van der Waals surface area contributed by atoms with Gasteiger partial charge in [-0.2, -0.15) is 13.2 Å². The van der Waals surface area contributed by atoms with E-state index in [2.05, 4.69) is 10.3 Å². The van der Waals surface area contributed by atoms with Gasteiger partial charge in [0.05, 0.1) is 32.3 Å². The van der Waals surface area contributed by atoms with E-state index in [0.717, 1.165) is 11.6 Å². The zero-order valence-electron chi connectivity index (χ0n) is 23.1. The van der Waals surface area contributed by atoms with Crippen LogP contribution in [0.3, 0.4) is 0 Å². The molecule has 0 saturated carbocycles. The third-order valence-corrected chi connectivity index (χ3v) is 6.12. The molecule has 0 aliphatic heterocycles. The molecule has 216 valence electrons. The summed E-state index contributed by atoms with van der Waals surface area (Å²) in [4.78, 5) is 22.9. The molecule has 0 amide bonds. The Morgan fingerprint density at radius 3 is 2.29 bits per heavy atom. The summed E-state index contributed by atoms with van der Waals surface area (Å²) in [5, 5.41) is 8.10. The average Bonchev–Trinajstić information content (AvgIpc) is 2.98. The van der Waals surface area contributed by atoms with Crippen LogP contribution in [0.4, 0.5) is 13.2 Å². The van der Waals surface area contributed by atoms with E-state index in [1.165, 1.54) is 45.9 Å². The summed E-state index contributed by atoms with van der Waals surface area (Å²) in [5.74, 6) is -0.553. The van der Waals surface area contributed by atoms with E-state index in [1.54, 1.807) is 25.1 Å². The minimum atomic E-state index is -4.37. The summed E-state index contributed by atoms with van der Waals surface area (Å²) < 4.78 is 48.9. The van der Waals surface area contributed by atoms with Gasteiger partial charge in [0.1, 0.15) is 24.5 Å². The van der Waals surface area contributed by atoms with Crippen LogP contribution in [-0.4, -0.2) is 39.2 Å². The minimum Gasteiger partial charge on any atom is -0.503 e. The fourth-order valence-corrected chi connectivity index (χ4v) is 4.06. The first-order chi connectivity index (χ1) is 19.7. The molecule has 1 atom stereocenters. The number of carbonyl (C=O) groups is 1. The van der Waals surface area contributed by atoms with Gasteiger partial charge >= 0.3 is 12.1 Å². The van der Waals surface area contributed by atoms with Gasteiger partial charge < -0.3 is 19.1 Å². The second-order valence-corrected chi connectivity index (χ2v) is 8.88. The second-order valence-electron chi connectivity index (χ2n) is 8.88. The molecule has 0 fully saturated rings. The number of nitrogens with zero attached hydrogens (tertiary/aromatic N) is 2. The van der Waals surface area contributed by atoms with Crippen LogP contribution in [0, 0.1) is 0 Å². The van der Waals surface area contributed by atoms with Gasteiger partial charge in [-0.15, -0.1) is 0 Å². The van der Waals surface area contributed by atoms with Gasteiger partial charge in [-0.05, 0) is 42.5 Å². The van der Waals surface area contributed by atoms with Crippen molar-refractivity contribution >= 4 is 23.5 Å². The predicted octanol–water partition coefficient (Wildman–Crippen LogP) is 6.77. The van der Waals surface area contributed by atoms with E-state index in [4.69, 9.17) is 19.1 Å². The van der Waals surface area contributed by atoms with Crippen LogP contribution in [-0.2, 0) is 43.0 Å². The fraction of sp³-hybridized carbons (Fsp3) is 0.258. The zero-order valence-corrected chi connectivity index (χ0v) is 23.1. The van der Waals surface area contributed by atoms with Crippen molar-refractivity contribution in [3.05, 3.63) is 112 Å². The normalized spacial score (nSPS) is 13.1. The Labute approximate surface area is 236 Å². The average molecular weight is 569 g/mol. The molecule has 3 rings (SSSR count). The lowest BCUT2D eigenvalue weighted by molar-refractivity contribution is -0.137. The monoisotopic (exact) mass is 568 g/mol. The molecule has 0 aromatic heterocycles. The van der Waals surface area contributed by atoms with E-state index in [-0.39, 0.29) is 5.57 Å². The SMILES string of the molecule is COC=C(C(=O)OC)c1ccccc1C(C)ON=CC(=NOC)c1ccc(CCc2cccc(C(F)(F)F)c2)cc1. The number of methoxy groups -OCH3 is 2. The lowest BCUT2D eigenvalue weighted by Crippen LogP contribution is -2.09.